The Labute approximate surface area is 201 Å². The van der Waals surface area contributed by atoms with Gasteiger partial charge in [-0.3, -0.25) is 14.8 Å². The fourth-order valence-electron chi connectivity index (χ4n) is 3.19. The van der Waals surface area contributed by atoms with Crippen LogP contribution in [0.15, 0.2) is 63.9 Å². The minimum absolute atomic E-state index is 0.273. The van der Waals surface area contributed by atoms with Crippen LogP contribution in [0.5, 0.6) is 0 Å². The van der Waals surface area contributed by atoms with Gasteiger partial charge in [-0.2, -0.15) is 11.3 Å². The highest BCUT2D eigenvalue weighted by Gasteiger charge is 2.16. The number of carbonyl (C=O) groups excluding carboxylic acids is 1. The number of hydrogen-bond acceptors (Lipinski definition) is 7. The summed E-state index contributed by atoms with van der Waals surface area (Å²) in [6.45, 7) is 5.08. The van der Waals surface area contributed by atoms with E-state index in [1.807, 2.05) is 41.1 Å². The summed E-state index contributed by atoms with van der Waals surface area (Å²) in [5.74, 6) is 0.315. The third kappa shape index (κ3) is 5.71. The van der Waals surface area contributed by atoms with Crippen molar-refractivity contribution in [1.82, 2.24) is 9.97 Å². The number of hydrogen-bond donors (Lipinski definition) is 2. The van der Waals surface area contributed by atoms with Crippen LogP contribution in [0.25, 0.3) is 21.7 Å². The Hall–Kier alpha value is -3.36. The normalized spacial score (nSPS) is 11.4. The highest BCUT2D eigenvalue weighted by atomic mass is 32.1. The van der Waals surface area contributed by atoms with Crippen LogP contribution in [-0.4, -0.2) is 28.6 Å². The molecule has 0 radical (unpaired) electrons. The Morgan fingerprint density at radius 3 is 2.85 bits per heavy atom. The number of rotatable bonds is 8. The lowest BCUT2D eigenvalue weighted by atomic mass is 10.0. The summed E-state index contributed by atoms with van der Waals surface area (Å²) in [4.78, 5) is 26.2. The zero-order chi connectivity index (χ0) is 23.2. The number of nitrogens with two attached hydrogens (primary N) is 1. The lowest BCUT2D eigenvalue weighted by Gasteiger charge is -2.13. The summed E-state index contributed by atoms with van der Waals surface area (Å²) in [6.07, 6.45) is 6.24. The van der Waals surface area contributed by atoms with Crippen molar-refractivity contribution < 1.29 is 4.79 Å². The molecule has 6 nitrogen and oxygen atoms in total. The number of thiophene rings is 1. The van der Waals surface area contributed by atoms with Gasteiger partial charge < -0.3 is 11.1 Å². The first kappa shape index (κ1) is 22.8. The number of benzene rings is 1. The van der Waals surface area contributed by atoms with Crippen molar-refractivity contribution in [3.05, 3.63) is 70.1 Å². The van der Waals surface area contributed by atoms with Crippen molar-refractivity contribution in [1.29, 1.82) is 0 Å². The standard InChI is InChI=1S/C25H25N5OS2/c1-16(2)5-8-28-13-19-10-22(20(11-21(19)26)18-6-9-32-14-18)29-24(31)23-15-33-25(30-23)17-4-3-7-27-12-17/h3-4,6-7,9-16H,5,8,26H2,1-2H3,(H,29,31). The van der Waals surface area contributed by atoms with Gasteiger partial charge in [0.15, 0.2) is 0 Å². The van der Waals surface area contributed by atoms with Crippen molar-refractivity contribution in [2.45, 2.75) is 20.3 Å². The van der Waals surface area contributed by atoms with E-state index in [0.29, 0.717) is 23.0 Å². The number of carbonyl (C=O) groups is 1. The topological polar surface area (TPSA) is 93.3 Å². The van der Waals surface area contributed by atoms with Gasteiger partial charge in [0, 0.05) is 58.6 Å². The van der Waals surface area contributed by atoms with E-state index >= 15 is 0 Å². The lowest BCUT2D eigenvalue weighted by Crippen LogP contribution is -2.14. The number of pyridine rings is 1. The molecular weight excluding hydrogens is 450 g/mol. The summed E-state index contributed by atoms with van der Waals surface area (Å²) in [5.41, 5.74) is 11.5. The van der Waals surface area contributed by atoms with E-state index in [1.165, 1.54) is 11.3 Å². The molecule has 0 bridgehead atoms. The van der Waals surface area contributed by atoms with Crippen LogP contribution in [0, 0.1) is 5.92 Å². The molecule has 0 atom stereocenters. The first-order valence-corrected chi connectivity index (χ1v) is 12.5. The van der Waals surface area contributed by atoms with E-state index in [1.54, 1.807) is 35.3 Å². The second-order valence-corrected chi connectivity index (χ2v) is 9.63. The lowest BCUT2D eigenvalue weighted by molar-refractivity contribution is 0.102. The summed E-state index contributed by atoms with van der Waals surface area (Å²) in [5, 5.41) is 9.57. The van der Waals surface area contributed by atoms with Gasteiger partial charge in [-0.15, -0.1) is 11.3 Å². The van der Waals surface area contributed by atoms with Gasteiger partial charge in [0.25, 0.3) is 5.91 Å². The summed E-state index contributed by atoms with van der Waals surface area (Å²) in [6, 6.07) is 9.56. The van der Waals surface area contributed by atoms with Crippen molar-refractivity contribution in [3.63, 3.8) is 0 Å². The SMILES string of the molecule is CC(C)CCN=Cc1cc(NC(=O)c2csc(-c3cccnc3)n2)c(-c2ccsc2)cc1N. The number of nitrogens with zero attached hydrogens (tertiary/aromatic N) is 3. The molecule has 1 aromatic carbocycles. The van der Waals surface area contributed by atoms with E-state index in [2.05, 4.69) is 34.1 Å². The number of nitrogen functional groups attached to an aromatic ring is 1. The molecule has 0 fully saturated rings. The Balaban J connectivity index is 1.61. The maximum atomic E-state index is 13.1. The highest BCUT2D eigenvalue weighted by Crippen LogP contribution is 2.34. The van der Waals surface area contributed by atoms with Crippen LogP contribution in [0.3, 0.4) is 0 Å². The van der Waals surface area contributed by atoms with Crippen LogP contribution < -0.4 is 11.1 Å². The molecule has 33 heavy (non-hydrogen) atoms. The predicted octanol–water partition coefficient (Wildman–Crippen LogP) is 6.23. The van der Waals surface area contributed by atoms with E-state index in [9.17, 15) is 4.79 Å². The molecule has 168 valence electrons. The summed E-state index contributed by atoms with van der Waals surface area (Å²) in [7, 11) is 0. The zero-order valence-corrected chi connectivity index (χ0v) is 20.1. The van der Waals surface area contributed by atoms with Crippen LogP contribution in [0.2, 0.25) is 0 Å². The smallest absolute Gasteiger partial charge is 0.275 e. The van der Waals surface area contributed by atoms with Crippen LogP contribution >= 0.6 is 22.7 Å². The minimum Gasteiger partial charge on any atom is -0.398 e. The van der Waals surface area contributed by atoms with Crippen molar-refractivity contribution in [2.24, 2.45) is 10.9 Å². The molecule has 4 aromatic rings. The third-order valence-corrected chi connectivity index (χ3v) is 6.59. The molecule has 1 amide bonds. The average Bonchev–Trinajstić information content (AvgIpc) is 3.51. The van der Waals surface area contributed by atoms with Crippen LogP contribution in [-0.2, 0) is 0 Å². The quantitative estimate of drug-likeness (QED) is 0.233. The molecule has 0 saturated heterocycles. The average molecular weight is 476 g/mol. The molecule has 0 spiro atoms. The number of anilines is 2. The molecular formula is C25H25N5OS2. The molecule has 0 unspecified atom stereocenters. The number of aliphatic imine (C=N–C) groups is 1. The molecule has 3 aromatic heterocycles. The fourth-order valence-corrected chi connectivity index (χ4v) is 4.63. The molecule has 3 N–H and O–H groups in total. The maximum Gasteiger partial charge on any atom is 0.275 e. The molecule has 8 heteroatoms. The second kappa shape index (κ2) is 10.5. The van der Waals surface area contributed by atoms with Gasteiger partial charge >= 0.3 is 0 Å². The number of amides is 1. The summed E-state index contributed by atoms with van der Waals surface area (Å²) < 4.78 is 0. The fraction of sp³-hybridized carbons (Fsp3) is 0.200. The molecule has 3 heterocycles. The molecule has 0 aliphatic rings. The van der Waals surface area contributed by atoms with Gasteiger partial charge in [-0.1, -0.05) is 13.8 Å². The molecule has 0 aliphatic heterocycles. The Kier molecular flexibility index (Phi) is 7.26. The van der Waals surface area contributed by atoms with Gasteiger partial charge in [0.05, 0.1) is 0 Å². The van der Waals surface area contributed by atoms with Gasteiger partial charge in [-0.25, -0.2) is 4.98 Å². The second-order valence-electron chi connectivity index (χ2n) is 7.99. The van der Waals surface area contributed by atoms with Gasteiger partial charge in [-0.05, 0) is 59.0 Å². The van der Waals surface area contributed by atoms with Gasteiger partial charge in [0.1, 0.15) is 10.7 Å². The zero-order valence-electron chi connectivity index (χ0n) is 18.5. The molecule has 4 rings (SSSR count). The molecule has 0 aliphatic carbocycles. The molecule has 0 saturated carbocycles. The minimum atomic E-state index is -0.273. The van der Waals surface area contributed by atoms with Crippen LogP contribution in [0.1, 0.15) is 36.3 Å². The predicted molar refractivity (Wildman–Crippen MR) is 139 cm³/mol. The number of thiazole rings is 1. The van der Waals surface area contributed by atoms with E-state index in [4.69, 9.17) is 5.73 Å². The maximum absolute atomic E-state index is 13.1. The Morgan fingerprint density at radius 2 is 2.12 bits per heavy atom. The number of nitrogens with one attached hydrogen (secondary N) is 1. The first-order chi connectivity index (χ1) is 16.0. The largest absolute Gasteiger partial charge is 0.398 e. The summed E-state index contributed by atoms with van der Waals surface area (Å²) >= 11 is 3.01. The Bertz CT molecular complexity index is 1250. The number of aromatic nitrogens is 2. The first-order valence-electron chi connectivity index (χ1n) is 10.6. The Morgan fingerprint density at radius 1 is 1.24 bits per heavy atom. The van der Waals surface area contributed by atoms with E-state index in [0.717, 1.165) is 40.2 Å². The van der Waals surface area contributed by atoms with Crippen molar-refractivity contribution in [2.75, 3.05) is 17.6 Å². The van der Waals surface area contributed by atoms with E-state index in [-0.39, 0.29) is 5.91 Å². The third-order valence-electron chi connectivity index (χ3n) is 5.01. The van der Waals surface area contributed by atoms with Gasteiger partial charge in [0.2, 0.25) is 0 Å². The monoisotopic (exact) mass is 475 g/mol. The van der Waals surface area contributed by atoms with Crippen LogP contribution in [0.4, 0.5) is 11.4 Å². The highest BCUT2D eigenvalue weighted by molar-refractivity contribution is 7.13. The van der Waals surface area contributed by atoms with E-state index < -0.39 is 0 Å². The van der Waals surface area contributed by atoms with Crippen molar-refractivity contribution in [3.8, 4) is 21.7 Å². The van der Waals surface area contributed by atoms with Crippen molar-refractivity contribution >= 4 is 46.2 Å².